The van der Waals surface area contributed by atoms with Gasteiger partial charge in [0.15, 0.2) is 5.78 Å². The van der Waals surface area contributed by atoms with E-state index < -0.39 is 28.6 Å². The number of hydrogen-bond acceptors (Lipinski definition) is 2. The number of carbonyl (C=O) groups excluding carboxylic acids is 1. The summed E-state index contributed by atoms with van der Waals surface area (Å²) in [5, 5.41) is 0. The normalized spacial score (nSPS) is 11.5. The lowest BCUT2D eigenvalue weighted by Gasteiger charge is -2.10. The number of Topliss-reactive ketones (excluding diaryl/α,β-unsaturated/α-hetero) is 1. The number of rotatable bonds is 1. The first-order valence-corrected chi connectivity index (χ1v) is 4.05. The second-order valence-corrected chi connectivity index (χ2v) is 3.12. The van der Waals surface area contributed by atoms with Gasteiger partial charge in [-0.25, -0.2) is 0 Å². The van der Waals surface area contributed by atoms with Crippen LogP contribution in [0, 0.1) is 6.92 Å². The van der Waals surface area contributed by atoms with Crippen LogP contribution in [0.2, 0.25) is 0 Å². The molecule has 0 atom stereocenters. The Balaban J connectivity index is 3.62. The lowest BCUT2D eigenvalue weighted by atomic mass is 10.1. The summed E-state index contributed by atoms with van der Waals surface area (Å²) in [6.45, 7) is 2.25. The highest BCUT2D eigenvalue weighted by Gasteiger charge is 2.36. The van der Waals surface area contributed by atoms with Gasteiger partial charge in [0, 0.05) is 5.69 Å². The van der Waals surface area contributed by atoms with E-state index >= 15 is 0 Å². The molecule has 1 aromatic rings. The molecule has 0 spiro atoms. The Labute approximate surface area is 82.9 Å². The molecule has 1 N–H and O–H groups in total. The zero-order chi connectivity index (χ0) is 11.8. The highest BCUT2D eigenvalue weighted by Crippen LogP contribution is 2.31. The van der Waals surface area contributed by atoms with E-state index in [2.05, 4.69) is 4.98 Å². The van der Waals surface area contributed by atoms with Crippen molar-refractivity contribution in [3.05, 3.63) is 33.2 Å². The van der Waals surface area contributed by atoms with E-state index in [1.54, 1.807) is 0 Å². The molecule has 82 valence electrons. The molecule has 0 aliphatic heterocycles. The Bertz CT molecular complexity index is 459. The van der Waals surface area contributed by atoms with Crippen molar-refractivity contribution in [1.29, 1.82) is 0 Å². The SMILES string of the molecule is CC(=O)c1c(C(F)(F)F)cc(C)[nH]c1=O. The Morgan fingerprint density at radius 3 is 2.33 bits per heavy atom. The van der Waals surface area contributed by atoms with Crippen molar-refractivity contribution in [3.63, 3.8) is 0 Å². The summed E-state index contributed by atoms with van der Waals surface area (Å²) < 4.78 is 37.4. The van der Waals surface area contributed by atoms with Crippen molar-refractivity contribution in [1.82, 2.24) is 4.98 Å². The number of halogens is 3. The van der Waals surface area contributed by atoms with Crippen LogP contribution >= 0.6 is 0 Å². The number of H-pyrrole nitrogens is 1. The van der Waals surface area contributed by atoms with Gasteiger partial charge >= 0.3 is 6.18 Å². The molecule has 0 bridgehead atoms. The minimum atomic E-state index is -4.69. The van der Waals surface area contributed by atoms with Gasteiger partial charge in [-0.05, 0) is 19.9 Å². The molecule has 15 heavy (non-hydrogen) atoms. The van der Waals surface area contributed by atoms with Crippen LogP contribution in [0.5, 0.6) is 0 Å². The number of hydrogen-bond donors (Lipinski definition) is 1. The quantitative estimate of drug-likeness (QED) is 0.733. The van der Waals surface area contributed by atoms with E-state index in [1.165, 1.54) is 6.92 Å². The number of carbonyl (C=O) groups is 1. The molecular formula is C9H8F3NO2. The summed E-state index contributed by atoms with van der Waals surface area (Å²) in [5.74, 6) is -0.899. The van der Waals surface area contributed by atoms with Gasteiger partial charge in [0.25, 0.3) is 5.56 Å². The third-order valence-corrected chi connectivity index (χ3v) is 1.83. The zero-order valence-corrected chi connectivity index (χ0v) is 8.03. The lowest BCUT2D eigenvalue weighted by molar-refractivity contribution is -0.138. The Morgan fingerprint density at radius 1 is 1.40 bits per heavy atom. The fourth-order valence-electron chi connectivity index (χ4n) is 1.26. The third kappa shape index (κ3) is 2.26. The van der Waals surface area contributed by atoms with E-state index in [-0.39, 0.29) is 5.69 Å². The van der Waals surface area contributed by atoms with Crippen LogP contribution in [0.25, 0.3) is 0 Å². The number of aromatic nitrogens is 1. The molecule has 0 fully saturated rings. The minimum Gasteiger partial charge on any atom is -0.326 e. The predicted octanol–water partition coefficient (Wildman–Crippen LogP) is 1.90. The zero-order valence-electron chi connectivity index (χ0n) is 8.03. The molecular weight excluding hydrogens is 211 g/mol. The van der Waals surface area contributed by atoms with Crippen molar-refractivity contribution in [2.75, 3.05) is 0 Å². The van der Waals surface area contributed by atoms with Crippen LogP contribution in [0.4, 0.5) is 13.2 Å². The average Bonchev–Trinajstić information content (AvgIpc) is 1.99. The molecule has 0 aliphatic carbocycles. The summed E-state index contributed by atoms with van der Waals surface area (Å²) in [6.07, 6.45) is -4.69. The summed E-state index contributed by atoms with van der Waals surface area (Å²) in [7, 11) is 0. The first-order valence-electron chi connectivity index (χ1n) is 4.05. The van der Waals surface area contributed by atoms with Crippen molar-refractivity contribution in [2.45, 2.75) is 20.0 Å². The minimum absolute atomic E-state index is 0.0670. The second-order valence-electron chi connectivity index (χ2n) is 3.12. The van der Waals surface area contributed by atoms with E-state index in [0.717, 1.165) is 13.0 Å². The van der Waals surface area contributed by atoms with E-state index in [9.17, 15) is 22.8 Å². The van der Waals surface area contributed by atoms with Gasteiger partial charge in [-0.2, -0.15) is 13.2 Å². The van der Waals surface area contributed by atoms with Crippen LogP contribution in [0.15, 0.2) is 10.9 Å². The highest BCUT2D eigenvalue weighted by atomic mass is 19.4. The maximum absolute atomic E-state index is 12.5. The molecule has 1 rings (SSSR count). The highest BCUT2D eigenvalue weighted by molar-refractivity contribution is 5.95. The average molecular weight is 219 g/mol. The Kier molecular flexibility index (Phi) is 2.70. The maximum Gasteiger partial charge on any atom is 0.417 e. The number of nitrogens with one attached hydrogen (secondary N) is 1. The smallest absolute Gasteiger partial charge is 0.326 e. The molecule has 3 nitrogen and oxygen atoms in total. The van der Waals surface area contributed by atoms with Crippen molar-refractivity contribution in [3.8, 4) is 0 Å². The molecule has 0 saturated heterocycles. The van der Waals surface area contributed by atoms with Crippen molar-refractivity contribution in [2.24, 2.45) is 0 Å². The van der Waals surface area contributed by atoms with Crippen LogP contribution < -0.4 is 5.56 Å². The number of aromatic amines is 1. The summed E-state index contributed by atoms with van der Waals surface area (Å²) >= 11 is 0. The van der Waals surface area contributed by atoms with Gasteiger partial charge in [-0.15, -0.1) is 0 Å². The fraction of sp³-hybridized carbons (Fsp3) is 0.333. The molecule has 0 amide bonds. The van der Waals surface area contributed by atoms with Gasteiger partial charge in [0.05, 0.1) is 11.1 Å². The predicted molar refractivity (Wildman–Crippen MR) is 46.8 cm³/mol. The summed E-state index contributed by atoms with van der Waals surface area (Å²) in [6, 6.07) is 0.748. The largest absolute Gasteiger partial charge is 0.417 e. The molecule has 1 aromatic heterocycles. The maximum atomic E-state index is 12.5. The number of aryl methyl sites for hydroxylation is 1. The fourth-order valence-corrected chi connectivity index (χ4v) is 1.26. The topological polar surface area (TPSA) is 49.9 Å². The number of pyridine rings is 1. The standard InChI is InChI=1S/C9H8F3NO2/c1-4-3-6(9(10,11)12)7(5(2)14)8(15)13-4/h3H,1-2H3,(H,13,15). The van der Waals surface area contributed by atoms with Gasteiger partial charge in [-0.3, -0.25) is 9.59 Å². The summed E-state index contributed by atoms with van der Waals surface area (Å²) in [5.41, 5.74) is -2.96. The van der Waals surface area contributed by atoms with Gasteiger partial charge in [0.2, 0.25) is 0 Å². The molecule has 0 aromatic carbocycles. The molecule has 6 heteroatoms. The third-order valence-electron chi connectivity index (χ3n) is 1.83. The van der Waals surface area contributed by atoms with Crippen molar-refractivity contribution < 1.29 is 18.0 Å². The van der Waals surface area contributed by atoms with Crippen LogP contribution in [-0.4, -0.2) is 10.8 Å². The van der Waals surface area contributed by atoms with Gasteiger partial charge in [-0.1, -0.05) is 0 Å². The molecule has 0 aliphatic rings. The first-order chi connectivity index (χ1) is 6.73. The van der Waals surface area contributed by atoms with E-state index in [0.29, 0.717) is 0 Å². The Morgan fingerprint density at radius 2 is 1.93 bits per heavy atom. The molecule has 0 saturated carbocycles. The molecule has 1 heterocycles. The Hall–Kier alpha value is -1.59. The van der Waals surface area contributed by atoms with Crippen LogP contribution in [-0.2, 0) is 6.18 Å². The molecule has 0 radical (unpaired) electrons. The van der Waals surface area contributed by atoms with E-state index in [1.807, 2.05) is 0 Å². The number of alkyl halides is 3. The monoisotopic (exact) mass is 219 g/mol. The summed E-state index contributed by atoms with van der Waals surface area (Å²) in [4.78, 5) is 24.3. The van der Waals surface area contributed by atoms with Gasteiger partial charge < -0.3 is 4.98 Å². The number of ketones is 1. The van der Waals surface area contributed by atoms with Crippen molar-refractivity contribution >= 4 is 5.78 Å². The molecule has 0 unspecified atom stereocenters. The van der Waals surface area contributed by atoms with Crippen LogP contribution in [0.1, 0.15) is 28.5 Å². The lowest BCUT2D eigenvalue weighted by Crippen LogP contribution is -2.24. The first kappa shape index (κ1) is 11.5. The van der Waals surface area contributed by atoms with E-state index in [4.69, 9.17) is 0 Å². The van der Waals surface area contributed by atoms with Crippen LogP contribution in [0.3, 0.4) is 0 Å². The van der Waals surface area contributed by atoms with Gasteiger partial charge in [0.1, 0.15) is 0 Å². The second kappa shape index (κ2) is 3.52.